The van der Waals surface area contributed by atoms with Gasteiger partial charge < -0.3 is 4.74 Å². The highest BCUT2D eigenvalue weighted by Crippen LogP contribution is 2.30. The number of aromatic nitrogens is 2. The van der Waals surface area contributed by atoms with Gasteiger partial charge in [0, 0.05) is 24.2 Å². The van der Waals surface area contributed by atoms with E-state index < -0.39 is 10.1 Å². The van der Waals surface area contributed by atoms with Crippen molar-refractivity contribution in [3.05, 3.63) is 47.0 Å². The predicted octanol–water partition coefficient (Wildman–Crippen LogP) is 2.06. The first kappa shape index (κ1) is 13.9. The van der Waals surface area contributed by atoms with Gasteiger partial charge in [-0.05, 0) is 28.1 Å². The molecule has 0 aliphatic carbocycles. The molecule has 0 saturated heterocycles. The lowest BCUT2D eigenvalue weighted by molar-refractivity contribution is 0.292. The van der Waals surface area contributed by atoms with Crippen molar-refractivity contribution in [2.24, 2.45) is 0 Å². The second kappa shape index (κ2) is 5.64. The fourth-order valence-corrected chi connectivity index (χ4v) is 2.58. The van der Waals surface area contributed by atoms with E-state index in [4.69, 9.17) is 9.29 Å². The molecule has 0 fully saturated rings. The predicted molar refractivity (Wildman–Crippen MR) is 70.3 cm³/mol. The summed E-state index contributed by atoms with van der Waals surface area (Å²) in [6, 6.07) is 4.68. The molecule has 2 heterocycles. The summed E-state index contributed by atoms with van der Waals surface area (Å²) < 4.78 is 37.2. The van der Waals surface area contributed by atoms with Gasteiger partial charge in [0.1, 0.15) is 16.1 Å². The van der Waals surface area contributed by atoms with Gasteiger partial charge >= 0.3 is 0 Å². The molecule has 100 valence electrons. The molecule has 0 aromatic carbocycles. The molecule has 2 aromatic rings. The van der Waals surface area contributed by atoms with Crippen molar-refractivity contribution < 1.29 is 17.7 Å². The second-order valence-corrected chi connectivity index (χ2v) is 5.70. The molecule has 19 heavy (non-hydrogen) atoms. The van der Waals surface area contributed by atoms with E-state index in [1.165, 1.54) is 12.3 Å². The molecule has 2 aromatic heterocycles. The van der Waals surface area contributed by atoms with Crippen molar-refractivity contribution in [1.29, 1.82) is 0 Å². The number of pyridine rings is 2. The van der Waals surface area contributed by atoms with Crippen LogP contribution in [0.4, 0.5) is 0 Å². The van der Waals surface area contributed by atoms with Gasteiger partial charge in [-0.3, -0.25) is 9.54 Å². The average Bonchev–Trinajstić information content (AvgIpc) is 2.37. The van der Waals surface area contributed by atoms with E-state index >= 15 is 0 Å². The number of ether oxygens (including phenoxy) is 1. The number of rotatable bonds is 4. The zero-order valence-electron chi connectivity index (χ0n) is 9.52. The molecule has 0 amide bonds. The smallest absolute Gasteiger partial charge is 0.298 e. The summed E-state index contributed by atoms with van der Waals surface area (Å²) in [5.74, 6) is -0.0335. The maximum Gasteiger partial charge on any atom is 0.298 e. The Hall–Kier alpha value is -1.51. The SMILES string of the molecule is O=S(=O)(O)c1ccnc(Br)c1OCc1cccnc1. The molecule has 1 N–H and O–H groups in total. The first-order valence-electron chi connectivity index (χ1n) is 5.12. The standard InChI is InChI=1S/C11H9BrN2O4S/c12-11-10(9(3-5-14-11)19(15,16)17)18-7-8-2-1-4-13-6-8/h1-6H,7H2,(H,15,16,17). The molecule has 0 atom stereocenters. The zero-order valence-corrected chi connectivity index (χ0v) is 11.9. The normalized spacial score (nSPS) is 11.3. The van der Waals surface area contributed by atoms with Gasteiger partial charge in [-0.2, -0.15) is 8.42 Å². The minimum Gasteiger partial charge on any atom is -0.485 e. The van der Waals surface area contributed by atoms with Crippen molar-refractivity contribution in [1.82, 2.24) is 9.97 Å². The van der Waals surface area contributed by atoms with Crippen LogP contribution >= 0.6 is 15.9 Å². The highest BCUT2D eigenvalue weighted by molar-refractivity contribution is 9.10. The number of hydrogen-bond donors (Lipinski definition) is 1. The summed E-state index contributed by atoms with van der Waals surface area (Å²) >= 11 is 3.09. The van der Waals surface area contributed by atoms with Crippen molar-refractivity contribution >= 4 is 26.0 Å². The summed E-state index contributed by atoms with van der Waals surface area (Å²) in [6.07, 6.45) is 4.47. The average molecular weight is 345 g/mol. The van der Waals surface area contributed by atoms with Crippen LogP contribution in [0.5, 0.6) is 5.75 Å². The van der Waals surface area contributed by atoms with Crippen LogP contribution in [0.25, 0.3) is 0 Å². The van der Waals surface area contributed by atoms with Crippen LogP contribution < -0.4 is 4.74 Å². The van der Waals surface area contributed by atoms with Crippen LogP contribution in [-0.2, 0) is 16.7 Å². The fourth-order valence-electron chi connectivity index (χ4n) is 1.38. The molecule has 0 bridgehead atoms. The summed E-state index contributed by atoms with van der Waals surface area (Å²) in [5, 5.41) is 0. The molecular formula is C11H9BrN2O4S. The van der Waals surface area contributed by atoms with Crippen LogP contribution in [-0.4, -0.2) is 22.9 Å². The third-order valence-corrected chi connectivity index (χ3v) is 3.65. The highest BCUT2D eigenvalue weighted by Gasteiger charge is 2.20. The lowest BCUT2D eigenvalue weighted by Crippen LogP contribution is -2.05. The van der Waals surface area contributed by atoms with Gasteiger partial charge in [0.25, 0.3) is 10.1 Å². The van der Waals surface area contributed by atoms with Crippen molar-refractivity contribution in [3.8, 4) is 5.75 Å². The van der Waals surface area contributed by atoms with Gasteiger partial charge in [-0.25, -0.2) is 4.98 Å². The topological polar surface area (TPSA) is 89.4 Å². The number of halogens is 1. The lowest BCUT2D eigenvalue weighted by atomic mass is 10.3. The van der Waals surface area contributed by atoms with E-state index in [0.717, 1.165) is 5.56 Å². The molecule has 2 rings (SSSR count). The summed E-state index contributed by atoms with van der Waals surface area (Å²) in [5.41, 5.74) is 0.763. The Balaban J connectivity index is 2.30. The largest absolute Gasteiger partial charge is 0.485 e. The maximum atomic E-state index is 11.2. The zero-order chi connectivity index (χ0) is 13.9. The molecular weight excluding hydrogens is 336 g/mol. The first-order chi connectivity index (χ1) is 8.98. The number of nitrogens with zero attached hydrogens (tertiary/aromatic N) is 2. The third kappa shape index (κ3) is 3.49. The molecule has 0 unspecified atom stereocenters. The van der Waals surface area contributed by atoms with Crippen LogP contribution in [0.2, 0.25) is 0 Å². The van der Waals surface area contributed by atoms with Crippen molar-refractivity contribution in [2.45, 2.75) is 11.5 Å². The summed E-state index contributed by atoms with van der Waals surface area (Å²) in [7, 11) is -4.37. The Kier molecular flexibility index (Phi) is 4.13. The minimum absolute atomic E-state index is 0.0335. The highest BCUT2D eigenvalue weighted by atomic mass is 79.9. The van der Waals surface area contributed by atoms with E-state index in [-0.39, 0.29) is 21.9 Å². The Morgan fingerprint density at radius 1 is 1.32 bits per heavy atom. The fraction of sp³-hybridized carbons (Fsp3) is 0.0909. The molecule has 0 aliphatic rings. The molecule has 0 spiro atoms. The second-order valence-electron chi connectivity index (χ2n) is 3.55. The monoisotopic (exact) mass is 344 g/mol. The molecule has 6 nitrogen and oxygen atoms in total. The van der Waals surface area contributed by atoms with Crippen LogP contribution in [0, 0.1) is 0 Å². The quantitative estimate of drug-likeness (QED) is 0.674. The Labute approximate surface area is 118 Å². The van der Waals surface area contributed by atoms with Crippen molar-refractivity contribution in [2.75, 3.05) is 0 Å². The van der Waals surface area contributed by atoms with E-state index in [2.05, 4.69) is 25.9 Å². The van der Waals surface area contributed by atoms with E-state index in [0.29, 0.717) is 0 Å². The molecule has 0 saturated carbocycles. The van der Waals surface area contributed by atoms with E-state index in [1.54, 1.807) is 24.5 Å². The lowest BCUT2D eigenvalue weighted by Gasteiger charge is -2.10. The maximum absolute atomic E-state index is 11.2. The van der Waals surface area contributed by atoms with Gasteiger partial charge in [-0.1, -0.05) is 6.07 Å². The molecule has 0 radical (unpaired) electrons. The van der Waals surface area contributed by atoms with Gasteiger partial charge in [-0.15, -0.1) is 0 Å². The molecule has 8 heteroatoms. The van der Waals surface area contributed by atoms with Gasteiger partial charge in [0.05, 0.1) is 0 Å². The Morgan fingerprint density at radius 2 is 2.11 bits per heavy atom. The van der Waals surface area contributed by atoms with Crippen LogP contribution in [0.15, 0.2) is 46.3 Å². The minimum atomic E-state index is -4.37. The third-order valence-electron chi connectivity index (χ3n) is 2.21. The van der Waals surface area contributed by atoms with Crippen molar-refractivity contribution in [3.63, 3.8) is 0 Å². The Morgan fingerprint density at radius 3 is 2.74 bits per heavy atom. The summed E-state index contributed by atoms with van der Waals surface area (Å²) in [6.45, 7) is 0.112. The van der Waals surface area contributed by atoms with Crippen LogP contribution in [0.1, 0.15) is 5.56 Å². The number of hydrogen-bond acceptors (Lipinski definition) is 5. The molecule has 0 aliphatic heterocycles. The van der Waals surface area contributed by atoms with E-state index in [9.17, 15) is 8.42 Å². The van der Waals surface area contributed by atoms with E-state index in [1.807, 2.05) is 0 Å². The Bertz CT molecular complexity index is 676. The van der Waals surface area contributed by atoms with Crippen LogP contribution in [0.3, 0.4) is 0 Å². The van der Waals surface area contributed by atoms with Gasteiger partial charge in [0.2, 0.25) is 0 Å². The first-order valence-corrected chi connectivity index (χ1v) is 7.35. The van der Waals surface area contributed by atoms with Gasteiger partial charge in [0.15, 0.2) is 5.75 Å². The summed E-state index contributed by atoms with van der Waals surface area (Å²) in [4.78, 5) is 7.45.